The van der Waals surface area contributed by atoms with Gasteiger partial charge in [0.05, 0.1) is 19.8 Å². The Labute approximate surface area is 193 Å². The Balaban J connectivity index is 1.32. The quantitative estimate of drug-likeness (QED) is 0.552. The van der Waals surface area contributed by atoms with Gasteiger partial charge in [0.1, 0.15) is 12.4 Å². The Bertz CT molecular complexity index is 1060. The molecule has 0 bridgehead atoms. The van der Waals surface area contributed by atoms with Crippen molar-refractivity contribution in [2.24, 2.45) is 0 Å². The molecule has 0 aliphatic carbocycles. The second-order valence-electron chi connectivity index (χ2n) is 7.73. The van der Waals surface area contributed by atoms with Gasteiger partial charge in [0, 0.05) is 35.6 Å². The number of anilines is 2. The molecule has 1 fully saturated rings. The molecule has 33 heavy (non-hydrogen) atoms. The van der Waals surface area contributed by atoms with Gasteiger partial charge >= 0.3 is 0 Å². The third-order valence-corrected chi connectivity index (χ3v) is 5.30. The van der Waals surface area contributed by atoms with Crippen molar-refractivity contribution in [2.75, 3.05) is 43.5 Å². The summed E-state index contributed by atoms with van der Waals surface area (Å²) in [7, 11) is 0. The second kappa shape index (κ2) is 11.3. The van der Waals surface area contributed by atoms with Gasteiger partial charge in [-0.05, 0) is 42.5 Å². The fourth-order valence-electron chi connectivity index (χ4n) is 3.54. The molecule has 3 aromatic rings. The lowest BCUT2D eigenvalue weighted by atomic mass is 10.1. The van der Waals surface area contributed by atoms with Gasteiger partial charge in [-0.15, -0.1) is 0 Å². The molecule has 0 saturated carbocycles. The highest BCUT2D eigenvalue weighted by atomic mass is 16.5. The lowest BCUT2D eigenvalue weighted by Crippen LogP contribution is -2.41. The molecule has 2 N–H and O–H groups in total. The van der Waals surface area contributed by atoms with Crippen molar-refractivity contribution in [3.05, 3.63) is 90.0 Å². The lowest BCUT2D eigenvalue weighted by Gasteiger charge is -2.25. The molecule has 0 spiro atoms. The highest BCUT2D eigenvalue weighted by molar-refractivity contribution is 6.05. The van der Waals surface area contributed by atoms with E-state index < -0.39 is 0 Å². The van der Waals surface area contributed by atoms with Gasteiger partial charge in [-0.25, -0.2) is 0 Å². The van der Waals surface area contributed by atoms with Crippen molar-refractivity contribution in [3.63, 3.8) is 0 Å². The maximum atomic E-state index is 12.9. The molecule has 0 aromatic heterocycles. The van der Waals surface area contributed by atoms with E-state index in [1.165, 1.54) is 0 Å². The molecule has 0 unspecified atom stereocenters. The summed E-state index contributed by atoms with van der Waals surface area (Å²) in [4.78, 5) is 27.2. The molecular weight excluding hydrogens is 418 g/mol. The van der Waals surface area contributed by atoms with Crippen LogP contribution in [0.2, 0.25) is 0 Å². The van der Waals surface area contributed by atoms with Crippen LogP contribution in [0.1, 0.15) is 15.9 Å². The van der Waals surface area contributed by atoms with E-state index in [1.54, 1.807) is 30.3 Å². The molecule has 0 radical (unpaired) electrons. The predicted octanol–water partition coefficient (Wildman–Crippen LogP) is 3.79. The molecule has 4 rings (SSSR count). The van der Waals surface area contributed by atoms with Crippen LogP contribution < -0.4 is 15.4 Å². The Morgan fingerprint density at radius 3 is 2.18 bits per heavy atom. The molecule has 1 heterocycles. The number of nitrogens with one attached hydrogen (secondary N) is 2. The van der Waals surface area contributed by atoms with E-state index in [0.29, 0.717) is 43.3 Å². The number of para-hydroxylation sites is 1. The van der Waals surface area contributed by atoms with E-state index >= 15 is 0 Å². The molecule has 3 aromatic carbocycles. The first kappa shape index (κ1) is 22.5. The molecular formula is C26H27N3O4. The first-order valence-electron chi connectivity index (χ1n) is 10.9. The number of carbonyl (C=O) groups is 2. The summed E-state index contributed by atoms with van der Waals surface area (Å²) in [5, 5.41) is 5.81. The van der Waals surface area contributed by atoms with Crippen molar-refractivity contribution in [1.82, 2.24) is 4.90 Å². The van der Waals surface area contributed by atoms with Crippen molar-refractivity contribution < 1.29 is 19.1 Å². The fourth-order valence-corrected chi connectivity index (χ4v) is 3.54. The van der Waals surface area contributed by atoms with E-state index in [9.17, 15) is 9.59 Å². The molecule has 1 saturated heterocycles. The number of rotatable bonds is 8. The number of ether oxygens (including phenoxy) is 2. The SMILES string of the molecule is O=C(CN1CCOCC1)Nc1ccc(NC(=O)c2ccccc2COc2ccccc2)cc1. The number of nitrogens with zero attached hydrogens (tertiary/aromatic N) is 1. The van der Waals surface area contributed by atoms with E-state index in [2.05, 4.69) is 15.5 Å². The van der Waals surface area contributed by atoms with Crippen LogP contribution in [0, 0.1) is 0 Å². The second-order valence-corrected chi connectivity index (χ2v) is 7.73. The maximum Gasteiger partial charge on any atom is 0.256 e. The van der Waals surface area contributed by atoms with E-state index in [0.717, 1.165) is 24.4 Å². The average molecular weight is 446 g/mol. The minimum Gasteiger partial charge on any atom is -0.489 e. The van der Waals surface area contributed by atoms with Crippen molar-refractivity contribution in [2.45, 2.75) is 6.61 Å². The number of carbonyl (C=O) groups excluding carboxylic acids is 2. The molecule has 1 aliphatic rings. The predicted molar refractivity (Wildman–Crippen MR) is 127 cm³/mol. The van der Waals surface area contributed by atoms with Crippen LogP contribution in [0.3, 0.4) is 0 Å². The van der Waals surface area contributed by atoms with Gasteiger partial charge in [-0.3, -0.25) is 14.5 Å². The average Bonchev–Trinajstić information content (AvgIpc) is 2.85. The number of benzene rings is 3. The van der Waals surface area contributed by atoms with Crippen LogP contribution >= 0.6 is 0 Å². The van der Waals surface area contributed by atoms with E-state index in [4.69, 9.17) is 9.47 Å². The van der Waals surface area contributed by atoms with Crippen molar-refractivity contribution in [1.29, 1.82) is 0 Å². The lowest BCUT2D eigenvalue weighted by molar-refractivity contribution is -0.118. The molecule has 0 atom stereocenters. The van der Waals surface area contributed by atoms with Gasteiger partial charge in [0.15, 0.2) is 0 Å². The third-order valence-electron chi connectivity index (χ3n) is 5.30. The summed E-state index contributed by atoms with van der Waals surface area (Å²) < 4.78 is 11.1. The van der Waals surface area contributed by atoms with Crippen LogP contribution in [0.15, 0.2) is 78.9 Å². The summed E-state index contributed by atoms with van der Waals surface area (Å²) in [6.45, 7) is 3.46. The number of hydrogen-bond donors (Lipinski definition) is 2. The maximum absolute atomic E-state index is 12.9. The first-order chi connectivity index (χ1) is 16.2. The van der Waals surface area contributed by atoms with Crippen LogP contribution in [-0.4, -0.2) is 49.6 Å². The van der Waals surface area contributed by atoms with Crippen molar-refractivity contribution >= 4 is 23.2 Å². The van der Waals surface area contributed by atoms with E-state index in [1.807, 2.05) is 48.5 Å². The van der Waals surface area contributed by atoms with Gasteiger partial charge in [-0.2, -0.15) is 0 Å². The minimum absolute atomic E-state index is 0.0685. The van der Waals surface area contributed by atoms with Gasteiger partial charge in [0.25, 0.3) is 5.91 Å². The standard InChI is InChI=1S/C26H27N3O4/c30-25(18-29-14-16-32-17-15-29)27-21-10-12-22(13-11-21)28-26(31)24-9-5-4-6-20(24)19-33-23-7-2-1-3-8-23/h1-13H,14-19H2,(H,27,30)(H,28,31). The topological polar surface area (TPSA) is 79.9 Å². The van der Waals surface area contributed by atoms with Crippen molar-refractivity contribution in [3.8, 4) is 5.75 Å². The molecule has 7 nitrogen and oxygen atoms in total. The Hall–Kier alpha value is -3.68. The smallest absolute Gasteiger partial charge is 0.256 e. The molecule has 2 amide bonds. The van der Waals surface area contributed by atoms with Crippen LogP contribution in [0.5, 0.6) is 5.75 Å². The molecule has 170 valence electrons. The van der Waals surface area contributed by atoms with Gasteiger partial charge < -0.3 is 20.1 Å². The minimum atomic E-state index is -0.216. The zero-order valence-corrected chi connectivity index (χ0v) is 18.3. The zero-order chi connectivity index (χ0) is 22.9. The Morgan fingerprint density at radius 2 is 1.45 bits per heavy atom. The normalized spacial score (nSPS) is 13.8. The summed E-state index contributed by atoms with van der Waals surface area (Å²) >= 11 is 0. The number of amides is 2. The summed E-state index contributed by atoms with van der Waals surface area (Å²) in [5.41, 5.74) is 2.68. The van der Waals surface area contributed by atoms with Crippen LogP contribution in [0.25, 0.3) is 0 Å². The Morgan fingerprint density at radius 1 is 0.818 bits per heavy atom. The summed E-state index contributed by atoms with van der Waals surface area (Å²) in [6, 6.07) is 24.0. The Kier molecular flexibility index (Phi) is 7.68. The largest absolute Gasteiger partial charge is 0.489 e. The highest BCUT2D eigenvalue weighted by Crippen LogP contribution is 2.18. The summed E-state index contributed by atoms with van der Waals surface area (Å²) in [5.74, 6) is 0.464. The van der Waals surface area contributed by atoms with Gasteiger partial charge in [-0.1, -0.05) is 36.4 Å². The summed E-state index contributed by atoms with van der Waals surface area (Å²) in [6.07, 6.45) is 0. The molecule has 7 heteroatoms. The zero-order valence-electron chi connectivity index (χ0n) is 18.3. The fraction of sp³-hybridized carbons (Fsp3) is 0.231. The number of morpholine rings is 1. The third kappa shape index (κ3) is 6.65. The van der Waals surface area contributed by atoms with E-state index in [-0.39, 0.29) is 11.8 Å². The first-order valence-corrected chi connectivity index (χ1v) is 10.9. The highest BCUT2D eigenvalue weighted by Gasteiger charge is 2.15. The molecule has 1 aliphatic heterocycles. The van der Waals surface area contributed by atoms with Gasteiger partial charge in [0.2, 0.25) is 5.91 Å². The number of hydrogen-bond acceptors (Lipinski definition) is 5. The van der Waals surface area contributed by atoms with Crippen LogP contribution in [0.4, 0.5) is 11.4 Å². The van der Waals surface area contributed by atoms with Crippen LogP contribution in [-0.2, 0) is 16.1 Å². The monoisotopic (exact) mass is 445 g/mol.